The van der Waals surface area contributed by atoms with Crippen LogP contribution in [0.3, 0.4) is 0 Å². The van der Waals surface area contributed by atoms with Crippen LogP contribution in [-0.2, 0) is 33.2 Å². The lowest BCUT2D eigenvalue weighted by atomic mass is 9.98. The van der Waals surface area contributed by atoms with Crippen LogP contribution in [0.2, 0.25) is 0 Å². The number of aliphatic hydroxyl groups is 8. The molecular formula is C53H57O26+. The van der Waals surface area contributed by atoms with Gasteiger partial charge in [0, 0.05) is 23.8 Å². The van der Waals surface area contributed by atoms with E-state index >= 15 is 0 Å². The molecule has 4 aliphatic heterocycles. The van der Waals surface area contributed by atoms with Gasteiger partial charge in [-0.1, -0.05) is 6.07 Å². The zero-order valence-corrected chi connectivity index (χ0v) is 42.0. The van der Waals surface area contributed by atoms with E-state index in [9.17, 15) is 70.6 Å². The van der Waals surface area contributed by atoms with Gasteiger partial charge in [0.1, 0.15) is 66.1 Å². The third-order valence-corrected chi connectivity index (χ3v) is 12.8. The van der Waals surface area contributed by atoms with Crippen LogP contribution in [0.5, 0.6) is 46.0 Å². The van der Waals surface area contributed by atoms with E-state index in [0.29, 0.717) is 11.1 Å². The van der Waals surface area contributed by atoms with Gasteiger partial charge in [0.2, 0.25) is 24.9 Å². The molecule has 14 atom stereocenters. The third kappa shape index (κ3) is 13.0. The minimum atomic E-state index is -2.08. The van der Waals surface area contributed by atoms with Crippen molar-refractivity contribution in [2.24, 2.45) is 0 Å². The number of aromatic hydroxyl groups is 3. The van der Waals surface area contributed by atoms with E-state index in [2.05, 4.69) is 0 Å². The molecule has 4 heterocycles. The number of esters is 2. The summed E-state index contributed by atoms with van der Waals surface area (Å²) in [5.74, 6) is -3.37. The number of aliphatic hydroxyl groups excluding tert-OH is 8. The highest BCUT2D eigenvalue weighted by atomic mass is 16.8. The molecule has 3 saturated heterocycles. The number of hydrogen-bond donors (Lipinski definition) is 11. The van der Waals surface area contributed by atoms with Gasteiger partial charge in [0.25, 0.3) is 0 Å². The van der Waals surface area contributed by atoms with Crippen LogP contribution in [0.15, 0.2) is 94.2 Å². The zero-order valence-electron chi connectivity index (χ0n) is 42.0. The second-order valence-electron chi connectivity index (χ2n) is 18.1. The SMILES string of the molecule is COc1cc(C=CC(=[OH+])OC[C@H]2O[C@@H](Oc3cc4c(O[C@@H]5O[C@H](CO)[C@@H](O)[C@H](O)[C@H]5O)cc(=O)cc-4oc3-c3ccc(O)cc3)[C@H](O[C@@H]3OC[C@@H](O)[C@H](O)[C@H]3OC(=O)C=Cc3cc(OC)c(O)c(OC)c3)[C@@H](O)[C@@H]2O)ccc1O. The molecule has 0 bridgehead atoms. The lowest BCUT2D eigenvalue weighted by molar-refractivity contribution is -0.345. The average molecular weight is 1110 g/mol. The van der Waals surface area contributed by atoms with Crippen molar-refractivity contribution in [1.82, 2.24) is 0 Å². The fourth-order valence-corrected chi connectivity index (χ4v) is 8.55. The zero-order chi connectivity index (χ0) is 56.8. The summed E-state index contributed by atoms with van der Waals surface area (Å²) in [6, 6.07) is 15.7. The number of carbonyl (C=O) groups is 1. The summed E-state index contributed by atoms with van der Waals surface area (Å²) in [4.78, 5) is 37.4. The van der Waals surface area contributed by atoms with E-state index in [0.717, 1.165) is 24.3 Å². The van der Waals surface area contributed by atoms with Crippen LogP contribution in [0.4, 0.5) is 0 Å². The Bertz CT molecular complexity index is 2990. The number of benzene rings is 4. The smallest absolute Gasteiger partial charge is 0.508 e. The Hall–Kier alpha value is -7.57. The maximum absolute atomic E-state index is 13.4. The van der Waals surface area contributed by atoms with E-state index in [1.54, 1.807) is 0 Å². The first-order valence-electron chi connectivity index (χ1n) is 24.1. The summed E-state index contributed by atoms with van der Waals surface area (Å²) >= 11 is 0. The maximum Gasteiger partial charge on any atom is 0.510 e. The van der Waals surface area contributed by atoms with Crippen LogP contribution in [-0.4, -0.2) is 200 Å². The van der Waals surface area contributed by atoms with Crippen LogP contribution in [0, 0.1) is 0 Å². The van der Waals surface area contributed by atoms with E-state index in [1.807, 2.05) is 0 Å². The first-order chi connectivity index (χ1) is 37.8. The molecule has 0 spiro atoms. The highest BCUT2D eigenvalue weighted by Crippen LogP contribution is 2.44. The van der Waals surface area contributed by atoms with Crippen molar-refractivity contribution >= 4 is 24.1 Å². The summed E-state index contributed by atoms with van der Waals surface area (Å²) in [7, 11) is 3.93. The Kier molecular flexibility index (Phi) is 18.3. The fraction of sp³-hybridized carbons (Fsp3) is 0.377. The van der Waals surface area contributed by atoms with Crippen LogP contribution >= 0.6 is 0 Å². The highest BCUT2D eigenvalue weighted by molar-refractivity contribution is 5.88. The summed E-state index contributed by atoms with van der Waals surface area (Å²) in [5, 5.41) is 118. The standard InChI is InChI=1S/C53H56O26/c1-68-33-14-23(4-11-29(33)57)5-12-39(59)71-22-38-44(64)46(66)50(79-52-49(41(61)30(58)21-72-52)78-40(60)13-6-24-15-34(69-2)42(62)35(16-24)70-3)53(77-38)75-36-19-28-31(73-48(36)25-7-9-26(55)10-8-25)17-27(56)18-32(28)74-51-47(67)45(65)43(63)37(20-54)76-51/h4-19,30,37-38,41,43-47,49-55,57-58,61-67H,20-22H2,1-3H3/p+1/t30-,37-,38-,41+,43-,44-,45+,46+,47-,49-,50-,51-,52+,53-/m1/s1. The molecule has 3 aromatic carbocycles. The molecule has 0 aromatic heterocycles. The van der Waals surface area contributed by atoms with Crippen molar-refractivity contribution in [3.05, 3.63) is 106 Å². The Labute approximate surface area is 447 Å². The molecule has 0 saturated carbocycles. The number of rotatable bonds is 18. The molecule has 8 rings (SSSR count). The van der Waals surface area contributed by atoms with E-state index in [4.69, 9.17) is 56.5 Å². The number of fused-ring (bicyclic) bond motifs is 1. The predicted molar refractivity (Wildman–Crippen MR) is 268 cm³/mol. The Balaban J connectivity index is 1.15. The van der Waals surface area contributed by atoms with Gasteiger partial charge in [-0.3, -0.25) is 4.79 Å². The molecule has 5 aliphatic rings. The van der Waals surface area contributed by atoms with Gasteiger partial charge in [-0.2, -0.15) is 0 Å². The number of methoxy groups -OCH3 is 3. The van der Waals surface area contributed by atoms with Crippen molar-refractivity contribution < 1.29 is 122 Å². The van der Waals surface area contributed by atoms with Gasteiger partial charge in [-0.15, -0.1) is 0 Å². The van der Waals surface area contributed by atoms with E-state index in [-0.39, 0.29) is 68.6 Å². The molecule has 79 heavy (non-hydrogen) atoms. The van der Waals surface area contributed by atoms with Crippen molar-refractivity contribution in [2.75, 3.05) is 41.2 Å². The second kappa shape index (κ2) is 25.0. The third-order valence-electron chi connectivity index (χ3n) is 12.8. The summed E-state index contributed by atoms with van der Waals surface area (Å²) in [5.41, 5.74) is 0.152. The Morgan fingerprint density at radius 1 is 0.658 bits per heavy atom. The van der Waals surface area contributed by atoms with Gasteiger partial charge < -0.3 is 117 Å². The number of ether oxygens (including phenoxy) is 11. The van der Waals surface area contributed by atoms with Gasteiger partial charge in [0.15, 0.2) is 64.5 Å². The van der Waals surface area contributed by atoms with Gasteiger partial charge >= 0.3 is 11.9 Å². The lowest BCUT2D eigenvalue weighted by Gasteiger charge is -2.44. The molecule has 0 amide bonds. The van der Waals surface area contributed by atoms with Crippen LogP contribution < -0.4 is 29.1 Å². The van der Waals surface area contributed by atoms with Crippen molar-refractivity contribution in [1.29, 1.82) is 0 Å². The van der Waals surface area contributed by atoms with Gasteiger partial charge in [-0.05, 0) is 77.9 Å². The summed E-state index contributed by atoms with van der Waals surface area (Å²) < 4.78 is 69.0. The summed E-state index contributed by atoms with van der Waals surface area (Å²) in [6.07, 6.45) is -20.9. The van der Waals surface area contributed by atoms with Gasteiger partial charge in [0.05, 0.1) is 46.2 Å². The van der Waals surface area contributed by atoms with Crippen LogP contribution in [0.1, 0.15) is 11.1 Å². The minimum Gasteiger partial charge on any atom is -0.508 e. The largest absolute Gasteiger partial charge is 0.510 e. The molecule has 3 fully saturated rings. The molecular weight excluding hydrogens is 1050 g/mol. The van der Waals surface area contributed by atoms with Gasteiger partial charge in [-0.25, -0.2) is 4.79 Å². The van der Waals surface area contributed by atoms with E-state index in [1.165, 1.54) is 94.1 Å². The fourth-order valence-electron chi connectivity index (χ4n) is 8.55. The molecule has 26 nitrogen and oxygen atoms in total. The molecule has 12 N–H and O–H groups in total. The van der Waals surface area contributed by atoms with Crippen LogP contribution in [0.25, 0.3) is 34.8 Å². The Morgan fingerprint density at radius 2 is 1.30 bits per heavy atom. The average Bonchev–Trinajstić information content (AvgIpc) is 3.45. The monoisotopic (exact) mass is 1110 g/mol. The second-order valence-corrected chi connectivity index (χ2v) is 18.1. The minimum absolute atomic E-state index is 0.00540. The number of carbonyl (C=O) groups excluding carboxylic acids is 2. The lowest BCUT2D eigenvalue weighted by Crippen LogP contribution is -2.64. The molecule has 0 radical (unpaired) electrons. The van der Waals surface area contributed by atoms with Crippen molar-refractivity contribution in [3.8, 4) is 68.6 Å². The predicted octanol–water partition coefficient (Wildman–Crippen LogP) is -0.121. The number of phenolic OH excluding ortho intramolecular Hbond substituents is 3. The highest BCUT2D eigenvalue weighted by Gasteiger charge is 2.52. The van der Waals surface area contributed by atoms with E-state index < -0.39 is 123 Å². The molecule has 424 valence electrons. The van der Waals surface area contributed by atoms with Crippen molar-refractivity contribution in [2.45, 2.75) is 86.0 Å². The first kappa shape index (κ1) is 57.6. The molecule has 3 aromatic rings. The quantitative estimate of drug-likeness (QED) is 0.0309. The molecule has 26 heteroatoms. The van der Waals surface area contributed by atoms with Crippen molar-refractivity contribution in [3.63, 3.8) is 0 Å². The first-order valence-corrected chi connectivity index (χ1v) is 24.1. The molecule has 1 aliphatic carbocycles. The number of phenols is 3. The topological polar surface area (TPSA) is 393 Å². The number of hydrogen-bond acceptors (Lipinski definition) is 25. The molecule has 0 unspecified atom stereocenters. The summed E-state index contributed by atoms with van der Waals surface area (Å²) in [6.45, 7) is -2.13. The maximum atomic E-state index is 13.4. The Morgan fingerprint density at radius 3 is 1.99 bits per heavy atom. The normalized spacial score (nSPS) is 28.1.